The van der Waals surface area contributed by atoms with Crippen LogP contribution < -0.4 is 10.2 Å². The predicted octanol–water partition coefficient (Wildman–Crippen LogP) is 1.55. The van der Waals surface area contributed by atoms with Crippen LogP contribution in [0.4, 0.5) is 5.82 Å². The summed E-state index contributed by atoms with van der Waals surface area (Å²) in [6.07, 6.45) is 0. The van der Waals surface area contributed by atoms with Crippen molar-refractivity contribution in [3.63, 3.8) is 0 Å². The molecule has 0 bridgehead atoms. The monoisotopic (exact) mass is 272 g/mol. The summed E-state index contributed by atoms with van der Waals surface area (Å²) in [5, 5.41) is 12.0. The fourth-order valence-corrected chi connectivity index (χ4v) is 2.77. The Morgan fingerprint density at radius 2 is 2.25 bits per heavy atom. The van der Waals surface area contributed by atoms with E-state index in [2.05, 4.69) is 35.1 Å². The summed E-state index contributed by atoms with van der Waals surface area (Å²) in [6, 6.07) is 7.65. The zero-order chi connectivity index (χ0) is 14.7. The van der Waals surface area contributed by atoms with Crippen LogP contribution in [0.3, 0.4) is 0 Å². The van der Waals surface area contributed by atoms with Crippen molar-refractivity contribution in [2.24, 2.45) is 11.8 Å². The fourth-order valence-electron chi connectivity index (χ4n) is 2.77. The van der Waals surface area contributed by atoms with Crippen LogP contribution in [0.25, 0.3) is 0 Å². The molecule has 1 N–H and O–H groups in total. The van der Waals surface area contributed by atoms with E-state index in [1.165, 1.54) is 0 Å². The maximum Gasteiger partial charge on any atom is 0.217 e. The number of hydrogen-bond donors (Lipinski definition) is 1. The second-order valence-electron chi connectivity index (χ2n) is 5.61. The lowest BCUT2D eigenvalue weighted by Crippen LogP contribution is -2.40. The minimum Gasteiger partial charge on any atom is -0.354 e. The van der Waals surface area contributed by atoms with Gasteiger partial charge in [-0.05, 0) is 18.1 Å². The van der Waals surface area contributed by atoms with E-state index in [1.807, 2.05) is 12.1 Å². The van der Waals surface area contributed by atoms with E-state index in [0.717, 1.165) is 18.9 Å². The third-order valence-corrected chi connectivity index (χ3v) is 3.78. The lowest BCUT2D eigenvalue weighted by molar-refractivity contribution is -0.119. The smallest absolute Gasteiger partial charge is 0.217 e. The number of amides is 1. The molecule has 5 heteroatoms. The molecule has 2 rings (SSSR count). The van der Waals surface area contributed by atoms with Gasteiger partial charge in [0.2, 0.25) is 5.91 Å². The summed E-state index contributed by atoms with van der Waals surface area (Å²) < 4.78 is 0. The molecule has 5 nitrogen and oxygen atoms in total. The molecule has 20 heavy (non-hydrogen) atoms. The normalized spacial score (nSPS) is 21.9. The number of nitriles is 1. The quantitative estimate of drug-likeness (QED) is 0.906. The van der Waals surface area contributed by atoms with Crippen molar-refractivity contribution in [1.29, 1.82) is 5.26 Å². The summed E-state index contributed by atoms with van der Waals surface area (Å²) >= 11 is 0. The van der Waals surface area contributed by atoms with Gasteiger partial charge in [-0.15, -0.1) is 0 Å². The summed E-state index contributed by atoms with van der Waals surface area (Å²) in [7, 11) is 0. The summed E-state index contributed by atoms with van der Waals surface area (Å²) in [6.45, 7) is 7.48. The number of aromatic nitrogens is 1. The second-order valence-corrected chi connectivity index (χ2v) is 5.61. The first-order valence-corrected chi connectivity index (χ1v) is 6.90. The van der Waals surface area contributed by atoms with E-state index in [9.17, 15) is 4.79 Å². The van der Waals surface area contributed by atoms with Crippen molar-refractivity contribution in [3.8, 4) is 6.07 Å². The van der Waals surface area contributed by atoms with Gasteiger partial charge in [0.1, 0.15) is 17.6 Å². The highest BCUT2D eigenvalue weighted by Crippen LogP contribution is 2.27. The van der Waals surface area contributed by atoms with Crippen molar-refractivity contribution < 1.29 is 4.79 Å². The topological polar surface area (TPSA) is 69.0 Å². The average Bonchev–Trinajstić information content (AvgIpc) is 2.82. The first-order chi connectivity index (χ1) is 9.51. The zero-order valence-corrected chi connectivity index (χ0v) is 12.1. The molecule has 1 aliphatic rings. The van der Waals surface area contributed by atoms with Gasteiger partial charge in [0.15, 0.2) is 0 Å². The Kier molecular flexibility index (Phi) is 4.23. The highest BCUT2D eigenvalue weighted by molar-refractivity contribution is 5.73. The van der Waals surface area contributed by atoms with E-state index in [4.69, 9.17) is 5.26 Å². The van der Waals surface area contributed by atoms with Gasteiger partial charge in [-0.25, -0.2) is 4.98 Å². The van der Waals surface area contributed by atoms with Crippen molar-refractivity contribution in [2.45, 2.75) is 26.8 Å². The Bertz CT molecular complexity index is 535. The Morgan fingerprint density at radius 3 is 2.85 bits per heavy atom. The van der Waals surface area contributed by atoms with Crippen molar-refractivity contribution in [1.82, 2.24) is 10.3 Å². The summed E-state index contributed by atoms with van der Waals surface area (Å²) in [5.41, 5.74) is 0.423. The highest BCUT2D eigenvalue weighted by atomic mass is 16.1. The lowest BCUT2D eigenvalue weighted by Gasteiger charge is -2.21. The van der Waals surface area contributed by atoms with Crippen molar-refractivity contribution in [2.75, 3.05) is 18.0 Å². The molecular formula is C15H20N4O. The van der Waals surface area contributed by atoms with Gasteiger partial charge < -0.3 is 10.2 Å². The predicted molar refractivity (Wildman–Crippen MR) is 77.1 cm³/mol. The van der Waals surface area contributed by atoms with E-state index in [0.29, 0.717) is 17.5 Å². The molecule has 0 aromatic carbocycles. The number of hydrogen-bond acceptors (Lipinski definition) is 4. The first kappa shape index (κ1) is 14.3. The van der Waals surface area contributed by atoms with Gasteiger partial charge >= 0.3 is 0 Å². The Hall–Kier alpha value is -2.09. The van der Waals surface area contributed by atoms with Crippen molar-refractivity contribution >= 4 is 11.7 Å². The second kappa shape index (κ2) is 5.91. The number of nitrogens with one attached hydrogen (secondary N) is 1. The van der Waals surface area contributed by atoms with Crippen LogP contribution in [-0.2, 0) is 4.79 Å². The van der Waals surface area contributed by atoms with Crippen LogP contribution in [0.15, 0.2) is 18.2 Å². The minimum atomic E-state index is 0.00114. The van der Waals surface area contributed by atoms with E-state index < -0.39 is 0 Å². The average molecular weight is 272 g/mol. The molecule has 0 aliphatic carbocycles. The number of anilines is 1. The molecule has 1 saturated heterocycles. The van der Waals surface area contributed by atoms with Gasteiger partial charge in [-0.1, -0.05) is 19.9 Å². The van der Waals surface area contributed by atoms with Gasteiger partial charge in [-0.3, -0.25) is 4.79 Å². The molecule has 106 valence electrons. The molecule has 0 unspecified atom stereocenters. The number of carbonyl (C=O) groups excluding carboxylic acids is 1. The fraction of sp³-hybridized carbons (Fsp3) is 0.533. The molecule has 0 radical (unpaired) electrons. The third kappa shape index (κ3) is 3.08. The van der Waals surface area contributed by atoms with Gasteiger partial charge in [0.05, 0.1) is 6.04 Å². The van der Waals surface area contributed by atoms with Crippen LogP contribution in [0, 0.1) is 23.2 Å². The molecule has 0 spiro atoms. The number of rotatable bonds is 3. The molecular weight excluding hydrogens is 252 g/mol. The number of pyridine rings is 1. The van der Waals surface area contributed by atoms with E-state index >= 15 is 0 Å². The molecule has 1 aromatic rings. The number of carbonyl (C=O) groups is 1. The lowest BCUT2D eigenvalue weighted by atomic mass is 9.91. The van der Waals surface area contributed by atoms with Crippen LogP contribution in [0.2, 0.25) is 0 Å². The molecule has 1 amide bonds. The minimum absolute atomic E-state index is 0.00114. The zero-order valence-electron chi connectivity index (χ0n) is 12.1. The third-order valence-electron chi connectivity index (χ3n) is 3.78. The van der Waals surface area contributed by atoms with Gasteiger partial charge in [0.25, 0.3) is 0 Å². The molecule has 2 atom stereocenters. The van der Waals surface area contributed by atoms with E-state index in [1.54, 1.807) is 13.0 Å². The first-order valence-electron chi connectivity index (χ1n) is 6.90. The molecule has 2 heterocycles. The van der Waals surface area contributed by atoms with Gasteiger partial charge in [0, 0.05) is 25.9 Å². The molecule has 1 fully saturated rings. The van der Waals surface area contributed by atoms with Crippen LogP contribution in [0.5, 0.6) is 0 Å². The maximum absolute atomic E-state index is 11.3. The standard InChI is InChI=1S/C15H20N4O/c1-10(2)13-8-19(9-14(13)17-11(3)20)15-6-4-5-12(7-16)18-15/h4-6,10,13-14H,8-9H2,1-3H3,(H,17,20)/t13-,14+/m0/s1. The Balaban J connectivity index is 2.18. The Labute approximate surface area is 119 Å². The molecule has 1 aromatic heterocycles. The largest absolute Gasteiger partial charge is 0.354 e. The van der Waals surface area contributed by atoms with Gasteiger partial charge in [-0.2, -0.15) is 5.26 Å². The van der Waals surface area contributed by atoms with Crippen LogP contribution >= 0.6 is 0 Å². The summed E-state index contributed by atoms with van der Waals surface area (Å²) in [4.78, 5) is 17.8. The number of nitrogens with zero attached hydrogens (tertiary/aromatic N) is 3. The molecule has 1 aliphatic heterocycles. The maximum atomic E-state index is 11.3. The van der Waals surface area contributed by atoms with E-state index in [-0.39, 0.29) is 11.9 Å². The highest BCUT2D eigenvalue weighted by Gasteiger charge is 2.35. The van der Waals surface area contributed by atoms with Crippen molar-refractivity contribution in [3.05, 3.63) is 23.9 Å². The Morgan fingerprint density at radius 1 is 1.50 bits per heavy atom. The molecule has 0 saturated carbocycles. The van der Waals surface area contributed by atoms with Crippen LogP contribution in [-0.4, -0.2) is 30.0 Å². The van der Waals surface area contributed by atoms with Crippen LogP contribution in [0.1, 0.15) is 26.5 Å². The SMILES string of the molecule is CC(=O)N[C@@H]1CN(c2cccc(C#N)n2)C[C@H]1C(C)C. The summed E-state index contributed by atoms with van der Waals surface area (Å²) in [5.74, 6) is 1.69.